The number of imidazole rings is 1. The first-order valence-electron chi connectivity index (χ1n) is 7.26. The first-order valence-corrected chi connectivity index (χ1v) is 8.14. The van der Waals surface area contributed by atoms with Crippen molar-refractivity contribution in [2.24, 2.45) is 0 Å². The summed E-state index contributed by atoms with van der Waals surface area (Å²) in [5.41, 5.74) is 2.55. The van der Waals surface area contributed by atoms with E-state index in [1.54, 1.807) is 11.3 Å². The summed E-state index contributed by atoms with van der Waals surface area (Å²) in [7, 11) is 0. The number of rotatable bonds is 3. The van der Waals surface area contributed by atoms with E-state index in [2.05, 4.69) is 20.4 Å². The van der Waals surface area contributed by atoms with Crippen molar-refractivity contribution in [3.05, 3.63) is 53.1 Å². The molecule has 24 heavy (non-hydrogen) atoms. The number of carbonyl (C=O) groups excluding carboxylic acids is 1. The number of fused-ring (bicyclic) bond motifs is 1. The lowest BCUT2D eigenvalue weighted by Gasteiger charge is -2.05. The zero-order chi connectivity index (χ0) is 16.7. The van der Waals surface area contributed by atoms with Gasteiger partial charge in [0.25, 0.3) is 11.8 Å². The van der Waals surface area contributed by atoms with Gasteiger partial charge in [-0.05, 0) is 37.4 Å². The van der Waals surface area contributed by atoms with Crippen LogP contribution in [0.4, 0.5) is 5.69 Å². The molecule has 0 radical (unpaired) electrons. The number of aromatic nitrogens is 4. The fraction of sp³-hybridized carbons (Fsp3) is 0.125. The number of amides is 1. The van der Waals surface area contributed by atoms with E-state index < -0.39 is 0 Å². The van der Waals surface area contributed by atoms with Crippen molar-refractivity contribution in [2.75, 3.05) is 5.32 Å². The second-order valence-corrected chi connectivity index (χ2v) is 6.16. The van der Waals surface area contributed by atoms with Gasteiger partial charge in [-0.2, -0.15) is 4.98 Å². The van der Waals surface area contributed by atoms with Crippen molar-refractivity contribution in [3.8, 4) is 10.8 Å². The molecule has 0 bridgehead atoms. The lowest BCUT2D eigenvalue weighted by molar-refractivity contribution is 0.102. The number of nitrogens with zero attached hydrogens (tertiary/aromatic N) is 4. The molecule has 1 N–H and O–H groups in total. The SMILES string of the molecule is Cc1noc(-c2sccc2NC(=O)c2c(C)nc3ccccn23)n1. The molecule has 4 aromatic heterocycles. The van der Waals surface area contributed by atoms with Gasteiger partial charge in [-0.1, -0.05) is 11.2 Å². The predicted molar refractivity (Wildman–Crippen MR) is 90.2 cm³/mol. The van der Waals surface area contributed by atoms with Crippen LogP contribution < -0.4 is 5.32 Å². The summed E-state index contributed by atoms with van der Waals surface area (Å²) in [6.45, 7) is 3.57. The Morgan fingerprint density at radius 3 is 2.92 bits per heavy atom. The maximum absolute atomic E-state index is 12.8. The van der Waals surface area contributed by atoms with Crippen LogP contribution in [0.1, 0.15) is 22.0 Å². The molecule has 0 atom stereocenters. The number of pyridine rings is 1. The highest BCUT2D eigenvalue weighted by molar-refractivity contribution is 7.14. The fourth-order valence-corrected chi connectivity index (χ4v) is 3.30. The molecule has 0 saturated carbocycles. The Bertz CT molecular complexity index is 1050. The molecular formula is C16H13N5O2S. The van der Waals surface area contributed by atoms with Gasteiger partial charge in [0.2, 0.25) is 0 Å². The summed E-state index contributed by atoms with van der Waals surface area (Å²) < 4.78 is 6.97. The van der Waals surface area contributed by atoms with Crippen molar-refractivity contribution in [1.29, 1.82) is 0 Å². The van der Waals surface area contributed by atoms with Gasteiger partial charge in [-0.15, -0.1) is 11.3 Å². The second kappa shape index (κ2) is 5.57. The Balaban J connectivity index is 1.70. The maximum atomic E-state index is 12.8. The van der Waals surface area contributed by atoms with Crippen LogP contribution in [0.5, 0.6) is 0 Å². The largest absolute Gasteiger partial charge is 0.333 e. The number of nitrogens with one attached hydrogen (secondary N) is 1. The first-order chi connectivity index (χ1) is 11.6. The monoisotopic (exact) mass is 339 g/mol. The highest BCUT2D eigenvalue weighted by atomic mass is 32.1. The summed E-state index contributed by atoms with van der Waals surface area (Å²) in [4.78, 5) is 22.1. The quantitative estimate of drug-likeness (QED) is 0.619. The average Bonchev–Trinajstić information content (AvgIpc) is 3.24. The molecular weight excluding hydrogens is 326 g/mol. The fourth-order valence-electron chi connectivity index (χ4n) is 2.53. The maximum Gasteiger partial charge on any atom is 0.274 e. The van der Waals surface area contributed by atoms with Crippen LogP contribution in [-0.4, -0.2) is 25.4 Å². The molecule has 0 aliphatic carbocycles. The minimum atomic E-state index is -0.234. The Kier molecular flexibility index (Phi) is 3.39. The van der Waals surface area contributed by atoms with Crippen LogP contribution in [-0.2, 0) is 0 Å². The van der Waals surface area contributed by atoms with E-state index in [1.165, 1.54) is 11.3 Å². The third kappa shape index (κ3) is 2.37. The van der Waals surface area contributed by atoms with E-state index in [0.717, 1.165) is 10.5 Å². The normalized spacial score (nSPS) is 11.1. The highest BCUT2D eigenvalue weighted by Crippen LogP contribution is 2.32. The minimum Gasteiger partial charge on any atom is -0.333 e. The summed E-state index contributed by atoms with van der Waals surface area (Å²) in [6.07, 6.45) is 1.82. The van der Waals surface area contributed by atoms with Gasteiger partial charge in [0.05, 0.1) is 11.4 Å². The second-order valence-electron chi connectivity index (χ2n) is 5.24. The van der Waals surface area contributed by atoms with E-state index >= 15 is 0 Å². The van der Waals surface area contributed by atoms with Gasteiger partial charge in [0.15, 0.2) is 5.82 Å². The van der Waals surface area contributed by atoms with Gasteiger partial charge >= 0.3 is 0 Å². The van der Waals surface area contributed by atoms with E-state index in [4.69, 9.17) is 4.52 Å². The van der Waals surface area contributed by atoms with Gasteiger partial charge < -0.3 is 9.84 Å². The molecule has 0 aliphatic rings. The van der Waals surface area contributed by atoms with Crippen LogP contribution >= 0.6 is 11.3 Å². The smallest absolute Gasteiger partial charge is 0.274 e. The Hall–Kier alpha value is -3.00. The summed E-state index contributed by atoms with van der Waals surface area (Å²) in [5, 5.41) is 8.57. The van der Waals surface area contributed by atoms with E-state index in [1.807, 2.05) is 42.8 Å². The molecule has 0 aliphatic heterocycles. The lowest BCUT2D eigenvalue weighted by atomic mass is 10.3. The van der Waals surface area contributed by atoms with E-state index in [0.29, 0.717) is 28.8 Å². The van der Waals surface area contributed by atoms with Gasteiger partial charge in [-0.25, -0.2) is 4.98 Å². The molecule has 7 nitrogen and oxygen atoms in total. The van der Waals surface area contributed by atoms with Crippen molar-refractivity contribution < 1.29 is 9.32 Å². The van der Waals surface area contributed by atoms with Gasteiger partial charge in [0, 0.05) is 6.20 Å². The van der Waals surface area contributed by atoms with Crippen LogP contribution in [0.25, 0.3) is 16.4 Å². The van der Waals surface area contributed by atoms with Crippen LogP contribution in [0.3, 0.4) is 0 Å². The summed E-state index contributed by atoms with van der Waals surface area (Å²) in [5.74, 6) is 0.711. The molecule has 1 amide bonds. The summed E-state index contributed by atoms with van der Waals surface area (Å²) in [6, 6.07) is 7.43. The van der Waals surface area contributed by atoms with Crippen LogP contribution in [0.2, 0.25) is 0 Å². The number of thiophene rings is 1. The Morgan fingerprint density at radius 1 is 1.25 bits per heavy atom. The van der Waals surface area contributed by atoms with Crippen molar-refractivity contribution in [1.82, 2.24) is 19.5 Å². The van der Waals surface area contributed by atoms with E-state index in [-0.39, 0.29) is 5.91 Å². The molecule has 0 fully saturated rings. The van der Waals surface area contributed by atoms with Crippen LogP contribution in [0, 0.1) is 13.8 Å². The molecule has 4 rings (SSSR count). The molecule has 4 heterocycles. The first kappa shape index (κ1) is 14.6. The Morgan fingerprint density at radius 2 is 2.12 bits per heavy atom. The standard InChI is InChI=1S/C16H13N5O2S/c1-9-13(21-7-4-3-5-12(21)17-9)15(22)19-11-6-8-24-14(11)16-18-10(2)20-23-16/h3-8H,1-2H3,(H,19,22). The van der Waals surface area contributed by atoms with Crippen molar-refractivity contribution in [2.45, 2.75) is 13.8 Å². The van der Waals surface area contributed by atoms with Crippen molar-refractivity contribution >= 4 is 28.6 Å². The number of aryl methyl sites for hydroxylation is 2. The average molecular weight is 339 g/mol. The van der Waals surface area contributed by atoms with E-state index in [9.17, 15) is 4.79 Å². The molecule has 8 heteroatoms. The number of anilines is 1. The van der Waals surface area contributed by atoms with Crippen LogP contribution in [0.15, 0.2) is 40.4 Å². The molecule has 120 valence electrons. The van der Waals surface area contributed by atoms with Gasteiger partial charge in [-0.3, -0.25) is 9.20 Å². The van der Waals surface area contributed by atoms with Gasteiger partial charge in [0.1, 0.15) is 16.2 Å². The third-order valence-corrected chi connectivity index (χ3v) is 4.46. The molecule has 0 saturated heterocycles. The summed E-state index contributed by atoms with van der Waals surface area (Å²) >= 11 is 1.43. The number of carbonyl (C=O) groups is 1. The molecule has 0 spiro atoms. The molecule has 4 aromatic rings. The third-order valence-electron chi connectivity index (χ3n) is 3.55. The molecule has 0 aromatic carbocycles. The predicted octanol–water partition coefficient (Wildman–Crippen LogP) is 3.31. The zero-order valence-electron chi connectivity index (χ0n) is 13.0. The topological polar surface area (TPSA) is 85.3 Å². The zero-order valence-corrected chi connectivity index (χ0v) is 13.8. The van der Waals surface area contributed by atoms with Crippen molar-refractivity contribution in [3.63, 3.8) is 0 Å². The highest BCUT2D eigenvalue weighted by Gasteiger charge is 2.20. The lowest BCUT2D eigenvalue weighted by Crippen LogP contribution is -2.15. The minimum absolute atomic E-state index is 0.234. The molecule has 0 unspecified atom stereocenters. The Labute approximate surface area is 141 Å². The number of hydrogen-bond acceptors (Lipinski definition) is 6. The number of hydrogen-bond donors (Lipinski definition) is 1.